The molecule has 2 aliphatic rings. The number of nitrogens with zero attached hydrogens (tertiary/aromatic N) is 1. The van der Waals surface area contributed by atoms with Gasteiger partial charge in [-0.15, -0.1) is 0 Å². The summed E-state index contributed by atoms with van der Waals surface area (Å²) in [4.78, 5) is 25.9. The molecule has 2 heterocycles. The highest BCUT2D eigenvalue weighted by atomic mass is 16.5. The van der Waals surface area contributed by atoms with E-state index in [2.05, 4.69) is 0 Å². The van der Waals surface area contributed by atoms with Gasteiger partial charge in [-0.05, 0) is 25.0 Å². The summed E-state index contributed by atoms with van der Waals surface area (Å²) in [7, 11) is 1.58. The first-order chi connectivity index (χ1) is 12.1. The van der Waals surface area contributed by atoms with Crippen molar-refractivity contribution in [3.8, 4) is 5.75 Å². The number of carboxylic acids is 1. The second-order valence-corrected chi connectivity index (χ2v) is 6.43. The first-order valence-corrected chi connectivity index (χ1v) is 8.47. The number of benzene rings is 1. The smallest absolute Gasteiger partial charge is 0.335 e. The predicted octanol–water partition coefficient (Wildman–Crippen LogP) is 1.55. The van der Waals surface area contributed by atoms with E-state index < -0.39 is 5.97 Å². The van der Waals surface area contributed by atoms with Gasteiger partial charge >= 0.3 is 5.97 Å². The minimum Gasteiger partial charge on any atom is -0.486 e. The largest absolute Gasteiger partial charge is 0.486 e. The van der Waals surface area contributed by atoms with Crippen LogP contribution in [0.4, 0.5) is 0 Å². The molecule has 1 amide bonds. The monoisotopic (exact) mass is 349 g/mol. The van der Waals surface area contributed by atoms with Crippen molar-refractivity contribution in [2.75, 3.05) is 33.5 Å². The van der Waals surface area contributed by atoms with Gasteiger partial charge in [0, 0.05) is 38.3 Å². The Morgan fingerprint density at radius 3 is 2.76 bits per heavy atom. The van der Waals surface area contributed by atoms with E-state index in [9.17, 15) is 14.7 Å². The molecule has 136 valence electrons. The van der Waals surface area contributed by atoms with Crippen LogP contribution < -0.4 is 4.74 Å². The number of ether oxygens (including phenoxy) is 3. The molecule has 0 bridgehead atoms. The molecule has 0 saturated carbocycles. The standard InChI is InChI=1S/C18H23NO6/c1-23-11-15-10-19(17(20)12-4-6-24-7-5-12)9-14-3-2-13(18(21)22)8-16(14)25-15/h2-3,8,12,15H,4-7,9-11H2,1H3,(H,21,22). The molecule has 7 nitrogen and oxygen atoms in total. The third-order valence-corrected chi connectivity index (χ3v) is 4.63. The molecule has 1 saturated heterocycles. The maximum Gasteiger partial charge on any atom is 0.335 e. The van der Waals surface area contributed by atoms with Crippen LogP contribution >= 0.6 is 0 Å². The third-order valence-electron chi connectivity index (χ3n) is 4.63. The molecule has 1 aromatic rings. The van der Waals surface area contributed by atoms with Gasteiger partial charge in [-0.25, -0.2) is 4.79 Å². The van der Waals surface area contributed by atoms with Gasteiger partial charge in [0.15, 0.2) is 0 Å². The Bertz CT molecular complexity index is 640. The first-order valence-electron chi connectivity index (χ1n) is 8.47. The molecular weight excluding hydrogens is 326 g/mol. The fourth-order valence-corrected chi connectivity index (χ4v) is 3.30. The summed E-state index contributed by atoms with van der Waals surface area (Å²) in [6.45, 7) is 2.38. The van der Waals surface area contributed by atoms with E-state index in [0.29, 0.717) is 38.7 Å². The molecule has 2 aliphatic heterocycles. The lowest BCUT2D eigenvalue weighted by Crippen LogP contribution is -2.43. The zero-order valence-electron chi connectivity index (χ0n) is 14.3. The highest BCUT2D eigenvalue weighted by Crippen LogP contribution is 2.29. The van der Waals surface area contributed by atoms with Crippen molar-refractivity contribution < 1.29 is 28.9 Å². The Balaban J connectivity index is 1.85. The Morgan fingerprint density at radius 1 is 1.32 bits per heavy atom. The maximum atomic E-state index is 12.9. The van der Waals surface area contributed by atoms with E-state index in [-0.39, 0.29) is 23.5 Å². The van der Waals surface area contributed by atoms with Gasteiger partial charge in [0.25, 0.3) is 0 Å². The van der Waals surface area contributed by atoms with Crippen molar-refractivity contribution in [1.82, 2.24) is 4.90 Å². The lowest BCUT2D eigenvalue weighted by Gasteiger charge is -2.29. The molecule has 1 atom stereocenters. The van der Waals surface area contributed by atoms with E-state index >= 15 is 0 Å². The lowest BCUT2D eigenvalue weighted by atomic mass is 9.98. The molecule has 1 unspecified atom stereocenters. The number of rotatable bonds is 4. The van der Waals surface area contributed by atoms with Gasteiger partial charge in [0.1, 0.15) is 11.9 Å². The normalized spacial score (nSPS) is 21.2. The quantitative estimate of drug-likeness (QED) is 0.888. The highest BCUT2D eigenvalue weighted by Gasteiger charge is 2.31. The molecule has 0 spiro atoms. The first kappa shape index (κ1) is 17.7. The van der Waals surface area contributed by atoms with Crippen LogP contribution in [0.1, 0.15) is 28.8 Å². The van der Waals surface area contributed by atoms with Gasteiger partial charge in [0.05, 0.1) is 18.7 Å². The van der Waals surface area contributed by atoms with Crippen molar-refractivity contribution in [3.63, 3.8) is 0 Å². The summed E-state index contributed by atoms with van der Waals surface area (Å²) in [6.07, 6.45) is 1.13. The summed E-state index contributed by atoms with van der Waals surface area (Å²) in [5.74, 6) is -0.432. The number of hydrogen-bond acceptors (Lipinski definition) is 5. The van der Waals surface area contributed by atoms with Gasteiger partial charge in [-0.1, -0.05) is 6.07 Å². The topological polar surface area (TPSA) is 85.3 Å². The zero-order valence-corrected chi connectivity index (χ0v) is 14.3. The van der Waals surface area contributed by atoms with Crippen LogP contribution in [0.15, 0.2) is 18.2 Å². The Labute approximate surface area is 146 Å². The number of aromatic carboxylic acids is 1. The van der Waals surface area contributed by atoms with Crippen LogP contribution in [-0.2, 0) is 20.8 Å². The van der Waals surface area contributed by atoms with Gasteiger partial charge < -0.3 is 24.2 Å². The van der Waals surface area contributed by atoms with E-state index in [4.69, 9.17) is 14.2 Å². The minimum atomic E-state index is -1.01. The summed E-state index contributed by atoms with van der Waals surface area (Å²) in [6, 6.07) is 4.78. The van der Waals surface area contributed by atoms with Crippen LogP contribution in [-0.4, -0.2) is 61.5 Å². The second-order valence-electron chi connectivity index (χ2n) is 6.43. The maximum absolute atomic E-state index is 12.9. The number of fused-ring (bicyclic) bond motifs is 1. The molecule has 1 aromatic carbocycles. The number of carbonyl (C=O) groups excluding carboxylic acids is 1. The van der Waals surface area contributed by atoms with Crippen LogP contribution in [0.25, 0.3) is 0 Å². The second kappa shape index (κ2) is 7.84. The van der Waals surface area contributed by atoms with Crippen molar-refractivity contribution in [2.24, 2.45) is 5.92 Å². The van der Waals surface area contributed by atoms with Crippen molar-refractivity contribution in [1.29, 1.82) is 0 Å². The van der Waals surface area contributed by atoms with Crippen molar-refractivity contribution >= 4 is 11.9 Å². The number of carbonyl (C=O) groups is 2. The summed E-state index contributed by atoms with van der Waals surface area (Å²) < 4.78 is 16.5. The Kier molecular flexibility index (Phi) is 5.55. The van der Waals surface area contributed by atoms with Crippen LogP contribution in [0, 0.1) is 5.92 Å². The van der Waals surface area contributed by atoms with Crippen LogP contribution in [0.3, 0.4) is 0 Å². The Hall–Kier alpha value is -2.12. The lowest BCUT2D eigenvalue weighted by molar-refractivity contribution is -0.140. The summed E-state index contributed by atoms with van der Waals surface area (Å²) in [5.41, 5.74) is 0.975. The fraction of sp³-hybridized carbons (Fsp3) is 0.556. The number of amides is 1. The summed E-state index contributed by atoms with van der Waals surface area (Å²) in [5, 5.41) is 9.18. The van der Waals surface area contributed by atoms with Gasteiger partial charge in [-0.3, -0.25) is 4.79 Å². The average Bonchev–Trinajstić information content (AvgIpc) is 2.80. The molecular formula is C18H23NO6. The molecule has 7 heteroatoms. The molecule has 0 radical (unpaired) electrons. The van der Waals surface area contributed by atoms with E-state index in [1.165, 1.54) is 12.1 Å². The van der Waals surface area contributed by atoms with E-state index in [0.717, 1.165) is 18.4 Å². The summed E-state index contributed by atoms with van der Waals surface area (Å²) >= 11 is 0. The average molecular weight is 349 g/mol. The van der Waals surface area contributed by atoms with Crippen molar-refractivity contribution in [3.05, 3.63) is 29.3 Å². The fourth-order valence-electron chi connectivity index (χ4n) is 3.30. The van der Waals surface area contributed by atoms with E-state index in [1.54, 1.807) is 18.1 Å². The molecule has 0 aliphatic carbocycles. The zero-order chi connectivity index (χ0) is 17.8. The Morgan fingerprint density at radius 2 is 2.08 bits per heavy atom. The van der Waals surface area contributed by atoms with Crippen LogP contribution in [0.5, 0.6) is 5.75 Å². The molecule has 1 fully saturated rings. The van der Waals surface area contributed by atoms with Gasteiger partial charge in [0.2, 0.25) is 5.91 Å². The van der Waals surface area contributed by atoms with Crippen molar-refractivity contribution in [2.45, 2.75) is 25.5 Å². The minimum absolute atomic E-state index is 0.0308. The molecule has 3 rings (SSSR count). The number of hydrogen-bond donors (Lipinski definition) is 1. The highest BCUT2D eigenvalue weighted by molar-refractivity contribution is 5.88. The van der Waals surface area contributed by atoms with E-state index in [1.807, 2.05) is 0 Å². The van der Waals surface area contributed by atoms with Gasteiger partial charge in [-0.2, -0.15) is 0 Å². The molecule has 25 heavy (non-hydrogen) atoms. The predicted molar refractivity (Wildman–Crippen MR) is 88.7 cm³/mol. The van der Waals surface area contributed by atoms with Crippen LogP contribution in [0.2, 0.25) is 0 Å². The molecule has 1 N–H and O–H groups in total. The third kappa shape index (κ3) is 4.11. The molecule has 0 aromatic heterocycles. The number of methoxy groups -OCH3 is 1. The number of carboxylic acid groups (broad SMARTS) is 1. The SMILES string of the molecule is COCC1CN(C(=O)C2CCOCC2)Cc2ccc(C(=O)O)cc2O1.